The summed E-state index contributed by atoms with van der Waals surface area (Å²) in [4.78, 5) is 0. The van der Waals surface area contributed by atoms with Gasteiger partial charge in [0, 0.05) is 0 Å². The average molecular weight is 343 g/mol. The van der Waals surface area contributed by atoms with Gasteiger partial charge in [0.2, 0.25) is 0 Å². The lowest BCUT2D eigenvalue weighted by Gasteiger charge is -2.35. The van der Waals surface area contributed by atoms with Crippen molar-refractivity contribution in [3.05, 3.63) is 48.0 Å². The molecular formula is C23H34O2. The molecule has 2 heteroatoms. The SMILES string of the molecule is C=C(CCCc1ccccc1)[C@H]1CC[C@@](C)(O)[C@H]2CC[C@](C)(O)[C@H]2C1. The first-order chi connectivity index (χ1) is 11.8. The van der Waals surface area contributed by atoms with E-state index in [1.165, 1.54) is 11.1 Å². The monoisotopic (exact) mass is 342 g/mol. The van der Waals surface area contributed by atoms with Gasteiger partial charge in [0.15, 0.2) is 0 Å². The second-order valence-corrected chi connectivity index (χ2v) is 8.93. The van der Waals surface area contributed by atoms with Crippen LogP contribution in [0.1, 0.15) is 64.4 Å². The number of hydrogen-bond acceptors (Lipinski definition) is 2. The highest BCUT2D eigenvalue weighted by Gasteiger charge is 2.52. The van der Waals surface area contributed by atoms with Crippen molar-refractivity contribution in [3.63, 3.8) is 0 Å². The lowest BCUT2D eigenvalue weighted by molar-refractivity contribution is -0.0539. The molecule has 2 aliphatic carbocycles. The van der Waals surface area contributed by atoms with E-state index in [4.69, 9.17) is 0 Å². The van der Waals surface area contributed by atoms with E-state index in [0.29, 0.717) is 5.92 Å². The summed E-state index contributed by atoms with van der Waals surface area (Å²) in [5.74, 6) is 0.854. The van der Waals surface area contributed by atoms with Gasteiger partial charge in [0.25, 0.3) is 0 Å². The van der Waals surface area contributed by atoms with Crippen molar-refractivity contribution >= 4 is 0 Å². The molecule has 0 unspecified atom stereocenters. The van der Waals surface area contributed by atoms with Crippen LogP contribution in [0.3, 0.4) is 0 Å². The number of rotatable bonds is 5. The molecule has 0 amide bonds. The van der Waals surface area contributed by atoms with Gasteiger partial charge in [0.05, 0.1) is 11.2 Å². The molecule has 0 spiro atoms. The molecule has 0 saturated heterocycles. The lowest BCUT2D eigenvalue weighted by Crippen LogP contribution is -2.40. The van der Waals surface area contributed by atoms with Gasteiger partial charge in [-0.15, -0.1) is 0 Å². The zero-order chi connectivity index (χ0) is 18.1. The summed E-state index contributed by atoms with van der Waals surface area (Å²) >= 11 is 0. The van der Waals surface area contributed by atoms with Gasteiger partial charge in [0.1, 0.15) is 0 Å². The van der Waals surface area contributed by atoms with Crippen LogP contribution in [0.4, 0.5) is 0 Å². The molecule has 1 aromatic carbocycles. The van der Waals surface area contributed by atoms with Crippen LogP contribution in [0.15, 0.2) is 42.5 Å². The Kier molecular flexibility index (Phi) is 5.41. The Hall–Kier alpha value is -1.12. The van der Waals surface area contributed by atoms with Crippen molar-refractivity contribution in [1.29, 1.82) is 0 Å². The summed E-state index contributed by atoms with van der Waals surface area (Å²) in [6, 6.07) is 10.6. The maximum atomic E-state index is 10.9. The van der Waals surface area contributed by atoms with Gasteiger partial charge in [-0.05, 0) is 88.5 Å². The summed E-state index contributed by atoms with van der Waals surface area (Å²) in [5.41, 5.74) is 1.42. The van der Waals surface area contributed by atoms with Gasteiger partial charge < -0.3 is 10.2 Å². The second-order valence-electron chi connectivity index (χ2n) is 8.93. The first kappa shape index (κ1) is 18.7. The molecule has 2 N–H and O–H groups in total. The molecule has 1 aromatic rings. The van der Waals surface area contributed by atoms with Crippen molar-refractivity contribution in [1.82, 2.24) is 0 Å². The van der Waals surface area contributed by atoms with Crippen LogP contribution in [0.5, 0.6) is 0 Å². The van der Waals surface area contributed by atoms with Gasteiger partial charge in [-0.25, -0.2) is 0 Å². The maximum absolute atomic E-state index is 10.9. The molecule has 0 radical (unpaired) electrons. The Balaban J connectivity index is 1.61. The predicted molar refractivity (Wildman–Crippen MR) is 103 cm³/mol. The lowest BCUT2D eigenvalue weighted by atomic mass is 9.75. The number of hydrogen-bond donors (Lipinski definition) is 2. The highest BCUT2D eigenvalue weighted by Crippen LogP contribution is 2.53. The van der Waals surface area contributed by atoms with E-state index in [1.54, 1.807) is 0 Å². The molecule has 2 nitrogen and oxygen atoms in total. The number of benzene rings is 1. The topological polar surface area (TPSA) is 40.5 Å². The van der Waals surface area contributed by atoms with Crippen LogP contribution >= 0.6 is 0 Å². The van der Waals surface area contributed by atoms with Crippen LogP contribution in [-0.4, -0.2) is 21.4 Å². The van der Waals surface area contributed by atoms with Crippen LogP contribution in [0.25, 0.3) is 0 Å². The molecule has 2 fully saturated rings. The largest absolute Gasteiger partial charge is 0.390 e. The number of allylic oxidation sites excluding steroid dienone is 1. The minimum absolute atomic E-state index is 0.195. The highest BCUT2D eigenvalue weighted by molar-refractivity contribution is 5.15. The van der Waals surface area contributed by atoms with E-state index in [2.05, 4.69) is 36.9 Å². The van der Waals surface area contributed by atoms with Gasteiger partial charge in [-0.1, -0.05) is 42.5 Å². The molecule has 3 rings (SSSR count). The molecule has 0 aliphatic heterocycles. The first-order valence-electron chi connectivity index (χ1n) is 9.96. The Labute approximate surface area is 153 Å². The zero-order valence-corrected chi connectivity index (χ0v) is 15.9. The summed E-state index contributed by atoms with van der Waals surface area (Å²) in [6.45, 7) is 8.34. The molecule has 138 valence electrons. The summed E-state index contributed by atoms with van der Waals surface area (Å²) in [7, 11) is 0. The summed E-state index contributed by atoms with van der Waals surface area (Å²) in [5, 5.41) is 21.8. The molecule has 0 heterocycles. The molecular weight excluding hydrogens is 308 g/mol. The fraction of sp³-hybridized carbons (Fsp3) is 0.652. The summed E-state index contributed by atoms with van der Waals surface area (Å²) in [6.07, 6.45) is 7.82. The Bertz CT molecular complexity index is 587. The van der Waals surface area contributed by atoms with E-state index in [-0.39, 0.29) is 11.8 Å². The fourth-order valence-electron chi connectivity index (χ4n) is 5.25. The van der Waals surface area contributed by atoms with E-state index < -0.39 is 11.2 Å². The predicted octanol–water partition coefficient (Wildman–Crippen LogP) is 4.89. The van der Waals surface area contributed by atoms with E-state index in [9.17, 15) is 10.2 Å². The maximum Gasteiger partial charge on any atom is 0.0651 e. The molecule has 2 aliphatic rings. The molecule has 5 atom stereocenters. The second kappa shape index (κ2) is 7.25. The minimum atomic E-state index is -0.649. The third kappa shape index (κ3) is 4.17. The zero-order valence-electron chi connectivity index (χ0n) is 15.9. The van der Waals surface area contributed by atoms with Crippen molar-refractivity contribution in [2.75, 3.05) is 0 Å². The van der Waals surface area contributed by atoms with E-state index in [1.807, 2.05) is 13.8 Å². The van der Waals surface area contributed by atoms with Crippen LogP contribution < -0.4 is 0 Å². The van der Waals surface area contributed by atoms with Crippen LogP contribution in [-0.2, 0) is 6.42 Å². The molecule has 25 heavy (non-hydrogen) atoms. The van der Waals surface area contributed by atoms with Crippen molar-refractivity contribution in [2.24, 2.45) is 17.8 Å². The summed E-state index contributed by atoms with van der Waals surface area (Å²) < 4.78 is 0. The highest BCUT2D eigenvalue weighted by atomic mass is 16.3. The first-order valence-corrected chi connectivity index (χ1v) is 9.96. The van der Waals surface area contributed by atoms with E-state index >= 15 is 0 Å². The number of aryl methyl sites for hydroxylation is 1. The Morgan fingerprint density at radius 1 is 1.04 bits per heavy atom. The quantitative estimate of drug-likeness (QED) is 0.748. The standard InChI is InChI=1S/C23H34O2/c1-17(8-7-11-18-9-5-4-6-10-18)19-12-14-22(2,24)20-13-15-23(3,25)21(20)16-19/h4-6,9-10,19-21,24-25H,1,7-8,11-16H2,2-3H3/t19-,20-,21-,22+,23-/m0/s1. The van der Waals surface area contributed by atoms with Crippen molar-refractivity contribution in [3.8, 4) is 0 Å². The van der Waals surface area contributed by atoms with E-state index in [0.717, 1.165) is 51.4 Å². The van der Waals surface area contributed by atoms with Gasteiger partial charge in [-0.3, -0.25) is 0 Å². The minimum Gasteiger partial charge on any atom is -0.390 e. The van der Waals surface area contributed by atoms with Crippen LogP contribution in [0.2, 0.25) is 0 Å². The average Bonchev–Trinajstić information content (AvgIpc) is 2.79. The van der Waals surface area contributed by atoms with Crippen LogP contribution in [0, 0.1) is 17.8 Å². The van der Waals surface area contributed by atoms with Crippen molar-refractivity contribution < 1.29 is 10.2 Å². The number of fused-ring (bicyclic) bond motifs is 1. The fourth-order valence-corrected chi connectivity index (χ4v) is 5.25. The number of aliphatic hydroxyl groups is 2. The third-order valence-electron chi connectivity index (χ3n) is 6.97. The van der Waals surface area contributed by atoms with Crippen molar-refractivity contribution in [2.45, 2.75) is 76.4 Å². The normalized spacial score (nSPS) is 38.2. The molecule has 2 saturated carbocycles. The van der Waals surface area contributed by atoms with Gasteiger partial charge in [-0.2, -0.15) is 0 Å². The Morgan fingerprint density at radius 2 is 1.68 bits per heavy atom. The third-order valence-corrected chi connectivity index (χ3v) is 6.97. The molecule has 0 bridgehead atoms. The molecule has 0 aromatic heterocycles. The Morgan fingerprint density at radius 3 is 2.40 bits per heavy atom. The smallest absolute Gasteiger partial charge is 0.0651 e. The van der Waals surface area contributed by atoms with Gasteiger partial charge >= 0.3 is 0 Å².